The number of hydrogen-bond donors (Lipinski definition) is 1. The molecule has 0 aliphatic carbocycles. The Balaban J connectivity index is 1.43. The molecule has 150 valence electrons. The van der Waals surface area contributed by atoms with Gasteiger partial charge in [-0.05, 0) is 44.2 Å². The summed E-state index contributed by atoms with van der Waals surface area (Å²) in [6, 6.07) is 11.7. The summed E-state index contributed by atoms with van der Waals surface area (Å²) in [5.41, 5.74) is 0.962. The molecule has 3 heterocycles. The van der Waals surface area contributed by atoms with E-state index in [4.69, 9.17) is 4.74 Å². The second-order valence-electron chi connectivity index (χ2n) is 6.76. The number of ether oxygens (including phenoxy) is 1. The summed E-state index contributed by atoms with van der Waals surface area (Å²) in [6.07, 6.45) is 3.56. The van der Waals surface area contributed by atoms with Gasteiger partial charge in [-0.3, -0.25) is 0 Å². The maximum Gasteiger partial charge on any atom is 0.225 e. The largest absolute Gasteiger partial charge is 0.494 e. The Morgan fingerprint density at radius 2 is 1.66 bits per heavy atom. The van der Waals surface area contributed by atoms with Crippen LogP contribution in [0.5, 0.6) is 5.75 Å². The topological polar surface area (TPSA) is 79.3 Å². The summed E-state index contributed by atoms with van der Waals surface area (Å²) < 4.78 is 5.50. The van der Waals surface area contributed by atoms with Gasteiger partial charge in [0.25, 0.3) is 0 Å². The molecular weight excluding hydrogens is 366 g/mol. The van der Waals surface area contributed by atoms with Gasteiger partial charge in [0.1, 0.15) is 23.2 Å². The summed E-state index contributed by atoms with van der Waals surface area (Å²) in [5, 5.41) is 3.36. The summed E-state index contributed by atoms with van der Waals surface area (Å²) in [4.78, 5) is 22.3. The predicted octanol–water partition coefficient (Wildman–Crippen LogP) is 3.04. The lowest BCUT2D eigenvalue weighted by Gasteiger charge is -2.35. The highest BCUT2D eigenvalue weighted by Gasteiger charge is 2.20. The van der Waals surface area contributed by atoms with Crippen LogP contribution in [0.1, 0.15) is 12.7 Å². The van der Waals surface area contributed by atoms with Gasteiger partial charge in [-0.25, -0.2) is 19.9 Å². The third-order valence-electron chi connectivity index (χ3n) is 4.70. The first-order valence-corrected chi connectivity index (χ1v) is 9.84. The number of rotatable bonds is 6. The second kappa shape index (κ2) is 8.72. The van der Waals surface area contributed by atoms with Crippen molar-refractivity contribution in [3.05, 3.63) is 54.6 Å². The third kappa shape index (κ3) is 4.71. The fraction of sp³-hybridized carbons (Fsp3) is 0.333. The molecule has 0 unspecified atom stereocenters. The molecule has 29 heavy (non-hydrogen) atoms. The van der Waals surface area contributed by atoms with Crippen molar-refractivity contribution < 1.29 is 4.74 Å². The standard InChI is InChI=1S/C21H25N7O/c1-3-29-18-7-5-17(6-8-18)26-19-15-20(25-16(2)24-19)27-11-13-28(14-12-27)21-22-9-4-10-23-21/h4-10,15H,3,11-14H2,1-2H3,(H,24,25,26). The Morgan fingerprint density at radius 1 is 0.966 bits per heavy atom. The zero-order valence-electron chi connectivity index (χ0n) is 16.7. The van der Waals surface area contributed by atoms with Gasteiger partial charge in [-0.2, -0.15) is 0 Å². The van der Waals surface area contributed by atoms with E-state index < -0.39 is 0 Å². The van der Waals surface area contributed by atoms with Crippen LogP contribution < -0.4 is 19.9 Å². The minimum Gasteiger partial charge on any atom is -0.494 e. The van der Waals surface area contributed by atoms with Crippen molar-refractivity contribution >= 4 is 23.3 Å². The molecule has 8 heteroatoms. The van der Waals surface area contributed by atoms with Crippen LogP contribution in [0.3, 0.4) is 0 Å². The molecule has 2 aromatic heterocycles. The van der Waals surface area contributed by atoms with E-state index in [-0.39, 0.29) is 0 Å². The van der Waals surface area contributed by atoms with Crippen molar-refractivity contribution in [2.75, 3.05) is 47.9 Å². The molecule has 0 bridgehead atoms. The van der Waals surface area contributed by atoms with Gasteiger partial charge in [0.2, 0.25) is 5.95 Å². The van der Waals surface area contributed by atoms with Gasteiger partial charge >= 0.3 is 0 Å². The zero-order valence-corrected chi connectivity index (χ0v) is 16.7. The van der Waals surface area contributed by atoms with Crippen LogP contribution >= 0.6 is 0 Å². The van der Waals surface area contributed by atoms with Crippen LogP contribution in [-0.2, 0) is 0 Å². The Bertz CT molecular complexity index is 926. The minimum atomic E-state index is 0.658. The van der Waals surface area contributed by atoms with Gasteiger partial charge in [-0.15, -0.1) is 0 Å². The number of piperazine rings is 1. The van der Waals surface area contributed by atoms with Crippen LogP contribution in [-0.4, -0.2) is 52.7 Å². The summed E-state index contributed by atoms with van der Waals surface area (Å²) >= 11 is 0. The van der Waals surface area contributed by atoms with Crippen LogP contribution in [0.25, 0.3) is 0 Å². The molecule has 1 N–H and O–H groups in total. The van der Waals surface area contributed by atoms with Gasteiger partial charge < -0.3 is 19.9 Å². The minimum absolute atomic E-state index is 0.658. The molecule has 8 nitrogen and oxygen atoms in total. The smallest absolute Gasteiger partial charge is 0.225 e. The molecule has 3 aromatic rings. The van der Waals surface area contributed by atoms with Crippen LogP contribution in [0.15, 0.2) is 48.8 Å². The van der Waals surface area contributed by atoms with Gasteiger partial charge in [-0.1, -0.05) is 0 Å². The highest BCUT2D eigenvalue weighted by molar-refractivity contribution is 5.60. The molecule has 1 aliphatic rings. The lowest BCUT2D eigenvalue weighted by molar-refractivity contribution is 0.340. The Hall–Kier alpha value is -3.42. The number of hydrogen-bond acceptors (Lipinski definition) is 8. The summed E-state index contributed by atoms with van der Waals surface area (Å²) in [5.74, 6) is 4.09. The van der Waals surface area contributed by atoms with Crippen molar-refractivity contribution in [3.8, 4) is 5.75 Å². The number of aryl methyl sites for hydroxylation is 1. The zero-order chi connectivity index (χ0) is 20.1. The van der Waals surface area contributed by atoms with E-state index in [0.29, 0.717) is 6.61 Å². The monoisotopic (exact) mass is 391 g/mol. The maximum atomic E-state index is 5.50. The molecule has 1 saturated heterocycles. The first-order chi connectivity index (χ1) is 14.2. The van der Waals surface area contributed by atoms with E-state index in [1.54, 1.807) is 12.4 Å². The summed E-state index contributed by atoms with van der Waals surface area (Å²) in [7, 11) is 0. The van der Waals surface area contributed by atoms with Gasteiger partial charge in [0.15, 0.2) is 0 Å². The van der Waals surface area contributed by atoms with Crippen molar-refractivity contribution in [3.63, 3.8) is 0 Å². The normalized spacial score (nSPS) is 14.0. The Kier molecular flexibility index (Phi) is 5.69. The fourth-order valence-corrected chi connectivity index (χ4v) is 3.32. The second-order valence-corrected chi connectivity index (χ2v) is 6.76. The third-order valence-corrected chi connectivity index (χ3v) is 4.70. The maximum absolute atomic E-state index is 5.50. The number of anilines is 4. The average molecular weight is 391 g/mol. The van der Waals surface area contributed by atoms with Crippen molar-refractivity contribution in [2.24, 2.45) is 0 Å². The van der Waals surface area contributed by atoms with E-state index in [1.807, 2.05) is 50.2 Å². The molecule has 1 fully saturated rings. The molecule has 0 amide bonds. The number of aromatic nitrogens is 4. The summed E-state index contributed by atoms with van der Waals surface area (Å²) in [6.45, 7) is 7.98. The fourth-order valence-electron chi connectivity index (χ4n) is 3.32. The highest BCUT2D eigenvalue weighted by Crippen LogP contribution is 2.23. The molecule has 4 rings (SSSR count). The van der Waals surface area contributed by atoms with Crippen molar-refractivity contribution in [1.29, 1.82) is 0 Å². The highest BCUT2D eigenvalue weighted by atomic mass is 16.5. The molecule has 0 radical (unpaired) electrons. The SMILES string of the molecule is CCOc1ccc(Nc2cc(N3CCN(c4ncccn4)CC3)nc(C)n2)cc1. The van der Waals surface area contributed by atoms with E-state index in [1.165, 1.54) is 0 Å². The lowest BCUT2D eigenvalue weighted by Crippen LogP contribution is -2.47. The molecule has 0 spiro atoms. The molecule has 1 aliphatic heterocycles. The molecule has 0 saturated carbocycles. The van der Waals surface area contributed by atoms with Crippen LogP contribution in [0, 0.1) is 6.92 Å². The van der Waals surface area contributed by atoms with Crippen LogP contribution in [0.4, 0.5) is 23.3 Å². The van der Waals surface area contributed by atoms with Gasteiger partial charge in [0.05, 0.1) is 6.61 Å². The Labute approximate surface area is 170 Å². The van der Waals surface area contributed by atoms with E-state index in [0.717, 1.165) is 61.0 Å². The van der Waals surface area contributed by atoms with E-state index in [9.17, 15) is 0 Å². The molecule has 0 atom stereocenters. The first kappa shape index (κ1) is 18.9. The van der Waals surface area contributed by atoms with Gasteiger partial charge in [0, 0.05) is 50.3 Å². The number of benzene rings is 1. The van der Waals surface area contributed by atoms with Crippen LogP contribution in [0.2, 0.25) is 0 Å². The Morgan fingerprint density at radius 3 is 2.34 bits per heavy atom. The van der Waals surface area contributed by atoms with Crippen molar-refractivity contribution in [2.45, 2.75) is 13.8 Å². The quantitative estimate of drug-likeness (QED) is 0.687. The molecule has 1 aromatic carbocycles. The predicted molar refractivity (Wildman–Crippen MR) is 114 cm³/mol. The molecular formula is C21H25N7O. The van der Waals surface area contributed by atoms with Crippen molar-refractivity contribution in [1.82, 2.24) is 19.9 Å². The van der Waals surface area contributed by atoms with E-state index in [2.05, 4.69) is 35.1 Å². The number of nitrogens with zero attached hydrogens (tertiary/aromatic N) is 6. The average Bonchev–Trinajstić information content (AvgIpc) is 2.76. The number of nitrogens with one attached hydrogen (secondary N) is 1. The lowest BCUT2D eigenvalue weighted by atomic mass is 10.3. The van der Waals surface area contributed by atoms with E-state index >= 15 is 0 Å². The first-order valence-electron chi connectivity index (χ1n) is 9.84.